The van der Waals surface area contributed by atoms with Gasteiger partial charge >= 0.3 is 0 Å². The Bertz CT molecular complexity index is 526. The van der Waals surface area contributed by atoms with Crippen molar-refractivity contribution in [2.24, 2.45) is 0 Å². The molecule has 5 heteroatoms. The standard InChI is InChI=1S/C13H14BrFN2S/c1-13(2,12-16-5-6-18-12)17-8-9-3-4-10(14)7-11(9)15/h3-7,17H,8H2,1-2H3. The minimum atomic E-state index is -0.256. The Hall–Kier alpha value is -0.780. The summed E-state index contributed by atoms with van der Waals surface area (Å²) >= 11 is 4.85. The van der Waals surface area contributed by atoms with Crippen molar-refractivity contribution in [2.45, 2.75) is 25.9 Å². The number of rotatable bonds is 4. The highest BCUT2D eigenvalue weighted by molar-refractivity contribution is 9.10. The molecule has 0 saturated carbocycles. The number of hydrogen-bond donors (Lipinski definition) is 1. The number of hydrogen-bond acceptors (Lipinski definition) is 3. The van der Waals surface area contributed by atoms with E-state index in [1.54, 1.807) is 23.6 Å². The monoisotopic (exact) mass is 328 g/mol. The third-order valence-corrected chi connectivity index (χ3v) is 4.29. The van der Waals surface area contributed by atoms with Crippen LogP contribution >= 0.6 is 27.3 Å². The average Bonchev–Trinajstić information content (AvgIpc) is 2.82. The summed E-state index contributed by atoms with van der Waals surface area (Å²) in [6.07, 6.45) is 1.78. The zero-order chi connectivity index (χ0) is 13.2. The van der Waals surface area contributed by atoms with E-state index in [-0.39, 0.29) is 11.4 Å². The lowest BCUT2D eigenvalue weighted by molar-refractivity contribution is 0.394. The highest BCUT2D eigenvalue weighted by atomic mass is 79.9. The quantitative estimate of drug-likeness (QED) is 0.915. The summed E-state index contributed by atoms with van der Waals surface area (Å²) in [6.45, 7) is 4.57. The molecule has 0 bridgehead atoms. The Balaban J connectivity index is 2.07. The molecule has 2 rings (SSSR count). The lowest BCUT2D eigenvalue weighted by Gasteiger charge is -2.24. The van der Waals surface area contributed by atoms with E-state index in [2.05, 4.69) is 26.2 Å². The molecule has 1 aromatic heterocycles. The van der Waals surface area contributed by atoms with Crippen molar-refractivity contribution >= 4 is 27.3 Å². The highest BCUT2D eigenvalue weighted by Gasteiger charge is 2.22. The van der Waals surface area contributed by atoms with Crippen LogP contribution in [-0.2, 0) is 12.1 Å². The number of benzene rings is 1. The fourth-order valence-corrected chi connectivity index (χ4v) is 2.66. The molecular weight excluding hydrogens is 315 g/mol. The van der Waals surface area contributed by atoms with Gasteiger partial charge in [-0.1, -0.05) is 22.0 Å². The molecule has 1 heterocycles. The maximum atomic E-state index is 13.7. The Morgan fingerprint density at radius 2 is 2.22 bits per heavy atom. The summed E-state index contributed by atoms with van der Waals surface area (Å²) in [6, 6.07) is 5.11. The predicted molar refractivity (Wildman–Crippen MR) is 76.1 cm³/mol. The van der Waals surface area contributed by atoms with Crippen LogP contribution in [0.4, 0.5) is 4.39 Å². The van der Waals surface area contributed by atoms with Crippen LogP contribution in [0, 0.1) is 5.82 Å². The predicted octanol–water partition coefficient (Wildman–Crippen LogP) is 4.07. The van der Waals surface area contributed by atoms with Gasteiger partial charge in [0.1, 0.15) is 10.8 Å². The van der Waals surface area contributed by atoms with E-state index in [4.69, 9.17) is 0 Å². The van der Waals surface area contributed by atoms with Crippen molar-refractivity contribution in [2.75, 3.05) is 0 Å². The second-order valence-corrected chi connectivity index (χ2v) is 6.36. The molecule has 0 amide bonds. The van der Waals surface area contributed by atoms with Crippen LogP contribution in [0.1, 0.15) is 24.4 Å². The van der Waals surface area contributed by atoms with Crippen molar-refractivity contribution in [3.05, 3.63) is 50.6 Å². The number of nitrogens with zero attached hydrogens (tertiary/aromatic N) is 1. The maximum Gasteiger partial charge on any atom is 0.128 e. The fourth-order valence-electron chi connectivity index (χ4n) is 1.59. The zero-order valence-corrected chi connectivity index (χ0v) is 12.6. The van der Waals surface area contributed by atoms with Gasteiger partial charge in [-0.05, 0) is 26.0 Å². The molecule has 0 radical (unpaired) electrons. The zero-order valence-electron chi connectivity index (χ0n) is 10.2. The van der Waals surface area contributed by atoms with Crippen LogP contribution in [0.25, 0.3) is 0 Å². The number of halogens is 2. The van der Waals surface area contributed by atoms with E-state index in [0.29, 0.717) is 12.1 Å². The third-order valence-electron chi connectivity index (χ3n) is 2.70. The molecule has 96 valence electrons. The minimum Gasteiger partial charge on any atom is -0.302 e. The molecule has 1 aromatic carbocycles. The van der Waals surface area contributed by atoms with Gasteiger partial charge in [-0.3, -0.25) is 0 Å². The van der Waals surface area contributed by atoms with Gasteiger partial charge in [-0.15, -0.1) is 11.3 Å². The van der Waals surface area contributed by atoms with Gasteiger partial charge < -0.3 is 5.32 Å². The van der Waals surface area contributed by atoms with Gasteiger partial charge in [0.15, 0.2) is 0 Å². The van der Waals surface area contributed by atoms with Crippen molar-refractivity contribution in [1.29, 1.82) is 0 Å². The SMILES string of the molecule is CC(C)(NCc1ccc(Br)cc1F)c1nccs1. The largest absolute Gasteiger partial charge is 0.302 e. The van der Waals surface area contributed by atoms with Crippen molar-refractivity contribution < 1.29 is 4.39 Å². The smallest absolute Gasteiger partial charge is 0.128 e. The van der Waals surface area contributed by atoms with Crippen molar-refractivity contribution in [3.8, 4) is 0 Å². The average molecular weight is 329 g/mol. The van der Waals surface area contributed by atoms with Gasteiger partial charge in [-0.25, -0.2) is 9.37 Å². The summed E-state index contributed by atoms with van der Waals surface area (Å²) in [5.41, 5.74) is 0.399. The van der Waals surface area contributed by atoms with E-state index < -0.39 is 0 Å². The molecule has 0 saturated heterocycles. The summed E-state index contributed by atoms with van der Waals surface area (Å²) in [5.74, 6) is -0.202. The summed E-state index contributed by atoms with van der Waals surface area (Å²) in [5, 5.41) is 6.27. The van der Waals surface area contributed by atoms with Crippen LogP contribution in [0.2, 0.25) is 0 Å². The molecule has 0 aliphatic carbocycles. The molecule has 0 unspecified atom stereocenters. The van der Waals surface area contributed by atoms with E-state index in [1.165, 1.54) is 6.07 Å². The Morgan fingerprint density at radius 1 is 1.44 bits per heavy atom. The van der Waals surface area contributed by atoms with Crippen LogP contribution in [-0.4, -0.2) is 4.98 Å². The Morgan fingerprint density at radius 3 is 2.83 bits per heavy atom. The summed E-state index contributed by atoms with van der Waals surface area (Å²) < 4.78 is 14.4. The second kappa shape index (κ2) is 5.47. The third kappa shape index (κ3) is 3.16. The van der Waals surface area contributed by atoms with E-state index >= 15 is 0 Å². The summed E-state index contributed by atoms with van der Waals surface area (Å²) in [4.78, 5) is 4.29. The summed E-state index contributed by atoms with van der Waals surface area (Å²) in [7, 11) is 0. The molecule has 0 aliphatic rings. The van der Waals surface area contributed by atoms with Crippen LogP contribution in [0.3, 0.4) is 0 Å². The number of thiazole rings is 1. The van der Waals surface area contributed by atoms with Crippen LogP contribution in [0.15, 0.2) is 34.2 Å². The number of nitrogens with one attached hydrogen (secondary N) is 1. The van der Waals surface area contributed by atoms with Crippen LogP contribution < -0.4 is 5.32 Å². The molecule has 2 aromatic rings. The molecule has 0 atom stereocenters. The molecule has 18 heavy (non-hydrogen) atoms. The van der Waals surface area contributed by atoms with E-state index in [1.807, 2.05) is 25.3 Å². The lowest BCUT2D eigenvalue weighted by atomic mass is 10.1. The molecule has 1 N–H and O–H groups in total. The molecule has 0 spiro atoms. The van der Waals surface area contributed by atoms with E-state index in [9.17, 15) is 4.39 Å². The van der Waals surface area contributed by atoms with Gasteiger partial charge in [0.25, 0.3) is 0 Å². The van der Waals surface area contributed by atoms with Gasteiger partial charge in [0.2, 0.25) is 0 Å². The van der Waals surface area contributed by atoms with Crippen LogP contribution in [0.5, 0.6) is 0 Å². The Labute approximate surface area is 118 Å². The molecular formula is C13H14BrFN2S. The second-order valence-electron chi connectivity index (χ2n) is 4.55. The fraction of sp³-hybridized carbons (Fsp3) is 0.308. The normalized spacial score (nSPS) is 11.8. The van der Waals surface area contributed by atoms with Gasteiger partial charge in [0, 0.05) is 28.2 Å². The minimum absolute atomic E-state index is 0.202. The van der Waals surface area contributed by atoms with Crippen molar-refractivity contribution in [1.82, 2.24) is 10.3 Å². The lowest BCUT2D eigenvalue weighted by Crippen LogP contribution is -2.36. The first-order chi connectivity index (χ1) is 8.49. The van der Waals surface area contributed by atoms with Gasteiger partial charge in [0.05, 0.1) is 5.54 Å². The highest BCUT2D eigenvalue weighted by Crippen LogP contribution is 2.23. The molecule has 2 nitrogen and oxygen atoms in total. The van der Waals surface area contributed by atoms with Crippen molar-refractivity contribution in [3.63, 3.8) is 0 Å². The topological polar surface area (TPSA) is 24.9 Å². The number of aromatic nitrogens is 1. The van der Waals surface area contributed by atoms with E-state index in [0.717, 1.165) is 9.48 Å². The first-order valence-electron chi connectivity index (χ1n) is 5.58. The van der Waals surface area contributed by atoms with Gasteiger partial charge in [-0.2, -0.15) is 0 Å². The molecule has 0 fully saturated rings. The first-order valence-corrected chi connectivity index (χ1v) is 7.25. The Kier molecular flexibility index (Phi) is 4.14. The first kappa shape index (κ1) is 13.6. The molecule has 0 aliphatic heterocycles. The maximum absolute atomic E-state index is 13.7.